The molecule has 3 unspecified atom stereocenters. The van der Waals surface area contributed by atoms with Gasteiger partial charge in [-0.3, -0.25) is 4.40 Å². The Labute approximate surface area is 258 Å². The second-order valence-electron chi connectivity index (χ2n) is 11.2. The Hall–Kier alpha value is -3.99. The highest BCUT2D eigenvalue weighted by Gasteiger charge is 2.42. The van der Waals surface area contributed by atoms with Crippen LogP contribution in [-0.2, 0) is 16.0 Å². The Morgan fingerprint density at radius 2 is 1.98 bits per heavy atom. The van der Waals surface area contributed by atoms with E-state index in [4.69, 9.17) is 23.9 Å². The number of nitrogens with zero attached hydrogens (tertiary/aromatic N) is 5. The Bertz CT molecular complexity index is 1490. The van der Waals surface area contributed by atoms with E-state index >= 15 is 0 Å². The van der Waals surface area contributed by atoms with Gasteiger partial charge in [0.1, 0.15) is 17.3 Å². The van der Waals surface area contributed by atoms with E-state index in [0.717, 1.165) is 16.9 Å². The first-order valence-corrected chi connectivity index (χ1v) is 14.7. The van der Waals surface area contributed by atoms with E-state index in [0.29, 0.717) is 54.7 Å². The SMILES string of the molecule is C=CCC(=CC(/C=C(\C)OC)OC)CN(Cc1ccc(OC)cc1OC)c1nccn2c(C3CC(F)(F)CCC3C)nnc12. The quantitative estimate of drug-likeness (QED) is 0.146. The van der Waals surface area contributed by atoms with Gasteiger partial charge in [0, 0.05) is 63.0 Å². The standard InChI is InChI=1S/C33H43F2N5O4/c1-8-9-24(17-27(43-6)16-23(3)41-4)20-39(21-25-10-11-26(42-5)18-29(25)44-7)31-32-38-37-30(40(32)15-14-36-31)28-19-33(34,35)13-12-22(28)2/h8,10-11,14-18,22,27-28H,1,9,12-13,19-21H2,2-7H3/b23-16+,24-17?. The fraction of sp³-hybridized carbons (Fsp3) is 0.485. The molecule has 9 nitrogen and oxygen atoms in total. The molecule has 0 N–H and O–H groups in total. The maximum absolute atomic E-state index is 14.5. The fourth-order valence-corrected chi connectivity index (χ4v) is 5.64. The van der Waals surface area contributed by atoms with Crippen LogP contribution < -0.4 is 14.4 Å². The number of fused-ring (bicyclic) bond motifs is 1. The third kappa shape index (κ3) is 7.74. The van der Waals surface area contributed by atoms with E-state index in [1.165, 1.54) is 0 Å². The number of benzene rings is 1. The predicted molar refractivity (Wildman–Crippen MR) is 167 cm³/mol. The predicted octanol–water partition coefficient (Wildman–Crippen LogP) is 6.75. The number of halogens is 2. The van der Waals surface area contributed by atoms with E-state index in [2.05, 4.69) is 21.7 Å². The van der Waals surface area contributed by atoms with Gasteiger partial charge < -0.3 is 23.8 Å². The number of hydrogen-bond donors (Lipinski definition) is 0. The molecule has 3 atom stereocenters. The van der Waals surface area contributed by atoms with Gasteiger partial charge in [0.25, 0.3) is 0 Å². The second kappa shape index (κ2) is 14.7. The minimum atomic E-state index is -2.73. The van der Waals surface area contributed by atoms with Crippen LogP contribution in [0.4, 0.5) is 14.6 Å². The van der Waals surface area contributed by atoms with Crippen molar-refractivity contribution < 1.29 is 27.7 Å². The number of methoxy groups -OCH3 is 4. The molecule has 3 aromatic rings. The summed E-state index contributed by atoms with van der Waals surface area (Å²) in [5.74, 6) is 0.0522. The Morgan fingerprint density at radius 3 is 2.66 bits per heavy atom. The third-order valence-electron chi connectivity index (χ3n) is 8.19. The van der Waals surface area contributed by atoms with Crippen molar-refractivity contribution in [2.75, 3.05) is 39.9 Å². The first-order chi connectivity index (χ1) is 21.1. The molecular formula is C33H43F2N5O4. The van der Waals surface area contributed by atoms with Crippen LogP contribution in [0.25, 0.3) is 5.65 Å². The monoisotopic (exact) mass is 611 g/mol. The Balaban J connectivity index is 1.81. The first kappa shape index (κ1) is 32.9. The van der Waals surface area contributed by atoms with Gasteiger partial charge in [-0.25, -0.2) is 13.8 Å². The molecular weight excluding hydrogens is 568 g/mol. The summed E-state index contributed by atoms with van der Waals surface area (Å²) in [6, 6.07) is 5.66. The van der Waals surface area contributed by atoms with Crippen LogP contribution in [0.5, 0.6) is 11.5 Å². The van der Waals surface area contributed by atoms with Crippen LogP contribution in [0.1, 0.15) is 56.8 Å². The molecule has 44 heavy (non-hydrogen) atoms. The number of ether oxygens (including phenoxy) is 4. The van der Waals surface area contributed by atoms with Crippen molar-refractivity contribution in [2.24, 2.45) is 5.92 Å². The van der Waals surface area contributed by atoms with Crippen LogP contribution >= 0.6 is 0 Å². The summed E-state index contributed by atoms with van der Waals surface area (Å²) < 4.78 is 53.0. The maximum atomic E-state index is 14.5. The van der Waals surface area contributed by atoms with Gasteiger partial charge in [-0.15, -0.1) is 16.8 Å². The van der Waals surface area contributed by atoms with Crippen LogP contribution in [0.3, 0.4) is 0 Å². The van der Waals surface area contributed by atoms with Crippen LogP contribution in [0.2, 0.25) is 0 Å². The van der Waals surface area contributed by atoms with E-state index in [9.17, 15) is 8.78 Å². The molecule has 1 aliphatic carbocycles. The molecule has 0 radical (unpaired) electrons. The molecule has 0 saturated heterocycles. The van der Waals surface area contributed by atoms with Gasteiger partial charge in [0.15, 0.2) is 5.82 Å². The molecule has 1 aliphatic rings. The number of anilines is 1. The average molecular weight is 612 g/mol. The van der Waals surface area contributed by atoms with Gasteiger partial charge in [-0.05, 0) is 49.5 Å². The summed E-state index contributed by atoms with van der Waals surface area (Å²) in [6.45, 7) is 8.68. The minimum absolute atomic E-state index is 0.0509. The number of aromatic nitrogens is 4. The Kier molecular flexibility index (Phi) is 11.0. The smallest absolute Gasteiger partial charge is 0.248 e. The van der Waals surface area contributed by atoms with Crippen molar-refractivity contribution in [2.45, 2.75) is 64.0 Å². The lowest BCUT2D eigenvalue weighted by atomic mass is 9.78. The molecule has 0 bridgehead atoms. The first-order valence-electron chi connectivity index (χ1n) is 14.7. The number of rotatable bonds is 14. The highest BCUT2D eigenvalue weighted by Crippen LogP contribution is 2.44. The highest BCUT2D eigenvalue weighted by atomic mass is 19.3. The highest BCUT2D eigenvalue weighted by molar-refractivity contribution is 5.65. The average Bonchev–Trinajstić information content (AvgIpc) is 3.46. The molecule has 1 saturated carbocycles. The largest absolute Gasteiger partial charge is 0.502 e. The Morgan fingerprint density at radius 1 is 1.18 bits per heavy atom. The molecule has 2 aromatic heterocycles. The topological polar surface area (TPSA) is 83.2 Å². The summed E-state index contributed by atoms with van der Waals surface area (Å²) in [5, 5.41) is 8.97. The van der Waals surface area contributed by atoms with Crippen molar-refractivity contribution in [3.05, 3.63) is 78.1 Å². The van der Waals surface area contributed by atoms with E-state index in [-0.39, 0.29) is 24.9 Å². The van der Waals surface area contributed by atoms with Crippen LogP contribution in [-0.4, -0.2) is 66.6 Å². The molecule has 2 heterocycles. The van der Waals surface area contributed by atoms with Gasteiger partial charge >= 0.3 is 0 Å². The van der Waals surface area contributed by atoms with Crippen LogP contribution in [0.15, 0.2) is 66.7 Å². The van der Waals surface area contributed by atoms with E-state index in [1.807, 2.05) is 54.7 Å². The van der Waals surface area contributed by atoms with Gasteiger partial charge in [-0.2, -0.15) is 0 Å². The van der Waals surface area contributed by atoms with Gasteiger partial charge in [0.05, 0.1) is 33.2 Å². The molecule has 0 aliphatic heterocycles. The summed E-state index contributed by atoms with van der Waals surface area (Å²) in [5.41, 5.74) is 2.41. The zero-order chi connectivity index (χ0) is 31.9. The summed E-state index contributed by atoms with van der Waals surface area (Å²) in [7, 11) is 6.48. The zero-order valence-electron chi connectivity index (χ0n) is 26.4. The molecule has 0 amide bonds. The molecule has 0 spiro atoms. The van der Waals surface area contributed by atoms with Crippen molar-refractivity contribution in [3.8, 4) is 11.5 Å². The van der Waals surface area contributed by atoms with Gasteiger partial charge in [0.2, 0.25) is 11.6 Å². The lowest BCUT2D eigenvalue weighted by molar-refractivity contribution is -0.0537. The maximum Gasteiger partial charge on any atom is 0.248 e. The lowest BCUT2D eigenvalue weighted by Gasteiger charge is -2.33. The minimum Gasteiger partial charge on any atom is -0.502 e. The van der Waals surface area contributed by atoms with Gasteiger partial charge in [-0.1, -0.05) is 19.1 Å². The summed E-state index contributed by atoms with van der Waals surface area (Å²) >= 11 is 0. The molecule has 4 rings (SSSR count). The normalized spacial score (nSPS) is 19.5. The third-order valence-corrected chi connectivity index (χ3v) is 8.19. The summed E-state index contributed by atoms with van der Waals surface area (Å²) in [6.07, 6.45) is 9.51. The number of allylic oxidation sites excluding steroid dienone is 2. The number of alkyl halides is 2. The zero-order valence-corrected chi connectivity index (χ0v) is 26.4. The van der Waals surface area contributed by atoms with Crippen molar-refractivity contribution >= 4 is 11.5 Å². The van der Waals surface area contributed by atoms with E-state index in [1.54, 1.807) is 40.8 Å². The number of hydrogen-bond acceptors (Lipinski definition) is 8. The second-order valence-corrected chi connectivity index (χ2v) is 11.2. The van der Waals surface area contributed by atoms with Crippen molar-refractivity contribution in [3.63, 3.8) is 0 Å². The lowest BCUT2D eigenvalue weighted by Crippen LogP contribution is -2.31. The van der Waals surface area contributed by atoms with Crippen LogP contribution in [0, 0.1) is 5.92 Å². The van der Waals surface area contributed by atoms with Crippen molar-refractivity contribution in [1.29, 1.82) is 0 Å². The molecule has 1 fully saturated rings. The molecule has 1 aromatic carbocycles. The fourth-order valence-electron chi connectivity index (χ4n) is 5.64. The summed E-state index contributed by atoms with van der Waals surface area (Å²) in [4.78, 5) is 6.82. The van der Waals surface area contributed by atoms with Crippen molar-refractivity contribution in [1.82, 2.24) is 19.6 Å². The molecule has 238 valence electrons. The van der Waals surface area contributed by atoms with E-state index < -0.39 is 11.8 Å². The molecule has 11 heteroatoms.